The van der Waals surface area contributed by atoms with Crippen LogP contribution < -0.4 is 10.1 Å². The summed E-state index contributed by atoms with van der Waals surface area (Å²) >= 11 is 0. The summed E-state index contributed by atoms with van der Waals surface area (Å²) in [6, 6.07) is 7.93. The van der Waals surface area contributed by atoms with Gasteiger partial charge in [0.1, 0.15) is 5.75 Å². The molecule has 0 aliphatic carbocycles. The van der Waals surface area contributed by atoms with Gasteiger partial charge in [-0.05, 0) is 32.9 Å². The van der Waals surface area contributed by atoms with Crippen LogP contribution >= 0.6 is 0 Å². The first-order valence-corrected chi connectivity index (χ1v) is 4.44. The molecule has 13 heavy (non-hydrogen) atoms. The van der Waals surface area contributed by atoms with Crippen LogP contribution in [0.5, 0.6) is 5.75 Å². The molecule has 1 aromatic rings. The molecule has 72 valence electrons. The molecule has 0 saturated carbocycles. The van der Waals surface area contributed by atoms with E-state index in [1.165, 1.54) is 0 Å². The number of hydrogen-bond donors (Lipinski definition) is 1. The van der Waals surface area contributed by atoms with E-state index in [1.807, 2.05) is 24.3 Å². The van der Waals surface area contributed by atoms with Gasteiger partial charge in [-0.2, -0.15) is 0 Å². The zero-order valence-electron chi connectivity index (χ0n) is 8.72. The normalized spacial score (nSPS) is 11.1. The fraction of sp³-hybridized carbons (Fsp3) is 0.455. The maximum Gasteiger partial charge on any atom is 0.141 e. The highest BCUT2D eigenvalue weighted by Gasteiger charge is 2.11. The third-order valence-electron chi connectivity index (χ3n) is 1.62. The molecular formula is C11H17NO. The Morgan fingerprint density at radius 2 is 1.77 bits per heavy atom. The van der Waals surface area contributed by atoms with Crippen molar-refractivity contribution >= 4 is 5.69 Å². The number of ether oxygens (including phenoxy) is 1. The van der Waals surface area contributed by atoms with Crippen molar-refractivity contribution in [3.05, 3.63) is 24.3 Å². The van der Waals surface area contributed by atoms with Crippen molar-refractivity contribution in [2.45, 2.75) is 26.3 Å². The van der Waals surface area contributed by atoms with Crippen molar-refractivity contribution in [2.24, 2.45) is 0 Å². The summed E-state index contributed by atoms with van der Waals surface area (Å²) in [7, 11) is 1.68. The SMILES string of the molecule is COc1ccccc1NC(C)(C)C. The standard InChI is InChI=1S/C11H17NO/c1-11(2,3)12-9-7-5-6-8-10(9)13-4/h5-8,12H,1-4H3. The quantitative estimate of drug-likeness (QED) is 0.753. The predicted octanol–water partition coefficient (Wildman–Crippen LogP) is 2.91. The number of para-hydroxylation sites is 2. The highest BCUT2D eigenvalue weighted by Crippen LogP contribution is 2.25. The monoisotopic (exact) mass is 179 g/mol. The van der Waals surface area contributed by atoms with Crippen LogP contribution in [0.15, 0.2) is 24.3 Å². The molecule has 0 aliphatic heterocycles. The average molecular weight is 179 g/mol. The van der Waals surface area contributed by atoms with E-state index in [9.17, 15) is 0 Å². The van der Waals surface area contributed by atoms with Crippen molar-refractivity contribution in [3.8, 4) is 5.75 Å². The molecule has 0 unspecified atom stereocenters. The molecule has 0 heterocycles. The zero-order chi connectivity index (χ0) is 9.90. The number of nitrogens with one attached hydrogen (secondary N) is 1. The smallest absolute Gasteiger partial charge is 0.141 e. The molecular weight excluding hydrogens is 162 g/mol. The Bertz CT molecular complexity index is 276. The highest BCUT2D eigenvalue weighted by atomic mass is 16.5. The Morgan fingerprint density at radius 3 is 2.31 bits per heavy atom. The van der Waals surface area contributed by atoms with E-state index in [2.05, 4.69) is 26.1 Å². The van der Waals surface area contributed by atoms with Crippen LogP contribution in [0.25, 0.3) is 0 Å². The minimum absolute atomic E-state index is 0.0641. The molecule has 0 atom stereocenters. The lowest BCUT2D eigenvalue weighted by molar-refractivity contribution is 0.415. The first-order valence-electron chi connectivity index (χ1n) is 4.44. The van der Waals surface area contributed by atoms with Crippen LogP contribution in [-0.4, -0.2) is 12.6 Å². The van der Waals surface area contributed by atoms with Gasteiger partial charge in [-0.15, -0.1) is 0 Å². The van der Waals surface area contributed by atoms with Gasteiger partial charge >= 0.3 is 0 Å². The van der Waals surface area contributed by atoms with Crippen LogP contribution in [0.3, 0.4) is 0 Å². The van der Waals surface area contributed by atoms with Crippen LogP contribution in [0.2, 0.25) is 0 Å². The molecule has 2 heteroatoms. The van der Waals surface area contributed by atoms with Crippen LogP contribution in [0.4, 0.5) is 5.69 Å². The Balaban J connectivity index is 2.87. The lowest BCUT2D eigenvalue weighted by Gasteiger charge is -2.23. The number of hydrogen-bond acceptors (Lipinski definition) is 2. The summed E-state index contributed by atoms with van der Waals surface area (Å²) in [5.41, 5.74) is 1.10. The van der Waals surface area contributed by atoms with Gasteiger partial charge in [-0.1, -0.05) is 12.1 Å². The van der Waals surface area contributed by atoms with Crippen LogP contribution in [0.1, 0.15) is 20.8 Å². The highest BCUT2D eigenvalue weighted by molar-refractivity contribution is 5.57. The van der Waals surface area contributed by atoms with Gasteiger partial charge in [0.05, 0.1) is 12.8 Å². The van der Waals surface area contributed by atoms with Gasteiger partial charge in [0.15, 0.2) is 0 Å². The van der Waals surface area contributed by atoms with E-state index in [0.29, 0.717) is 0 Å². The molecule has 1 rings (SSSR count). The van der Waals surface area contributed by atoms with Gasteiger partial charge in [0.2, 0.25) is 0 Å². The number of anilines is 1. The fourth-order valence-corrected chi connectivity index (χ4v) is 1.15. The molecule has 1 aromatic carbocycles. The van der Waals surface area contributed by atoms with Crippen molar-refractivity contribution in [1.29, 1.82) is 0 Å². The molecule has 1 N–H and O–H groups in total. The van der Waals surface area contributed by atoms with Crippen LogP contribution in [-0.2, 0) is 0 Å². The maximum absolute atomic E-state index is 5.23. The third kappa shape index (κ3) is 2.98. The van der Waals surface area contributed by atoms with Gasteiger partial charge < -0.3 is 10.1 Å². The Hall–Kier alpha value is -1.18. The van der Waals surface area contributed by atoms with Crippen LogP contribution in [0, 0.1) is 0 Å². The fourth-order valence-electron chi connectivity index (χ4n) is 1.15. The molecule has 0 radical (unpaired) electrons. The van der Waals surface area contributed by atoms with Gasteiger partial charge in [-0.25, -0.2) is 0 Å². The van der Waals surface area contributed by atoms with E-state index >= 15 is 0 Å². The first kappa shape index (κ1) is 9.90. The summed E-state index contributed by atoms with van der Waals surface area (Å²) < 4.78 is 5.23. The Kier molecular flexibility index (Phi) is 2.81. The summed E-state index contributed by atoms with van der Waals surface area (Å²) in [5.74, 6) is 0.887. The van der Waals surface area contributed by atoms with Crippen molar-refractivity contribution in [2.75, 3.05) is 12.4 Å². The second-order valence-electron chi connectivity index (χ2n) is 4.08. The second kappa shape index (κ2) is 3.69. The van der Waals surface area contributed by atoms with Gasteiger partial charge in [0, 0.05) is 5.54 Å². The van der Waals surface area contributed by atoms with Crippen molar-refractivity contribution in [1.82, 2.24) is 0 Å². The molecule has 0 amide bonds. The van der Waals surface area contributed by atoms with E-state index in [4.69, 9.17) is 4.74 Å². The molecule has 0 spiro atoms. The minimum Gasteiger partial charge on any atom is -0.495 e. The largest absolute Gasteiger partial charge is 0.495 e. The lowest BCUT2D eigenvalue weighted by Crippen LogP contribution is -2.26. The number of rotatable bonds is 2. The number of benzene rings is 1. The molecule has 0 fully saturated rings. The molecule has 0 aliphatic rings. The summed E-state index contributed by atoms with van der Waals surface area (Å²) in [5, 5.41) is 3.38. The average Bonchev–Trinajstić information content (AvgIpc) is 2.02. The van der Waals surface area contributed by atoms with E-state index < -0.39 is 0 Å². The topological polar surface area (TPSA) is 21.3 Å². The summed E-state index contributed by atoms with van der Waals surface area (Å²) in [6.07, 6.45) is 0. The molecule has 0 saturated heterocycles. The summed E-state index contributed by atoms with van der Waals surface area (Å²) in [6.45, 7) is 6.37. The predicted molar refractivity (Wildman–Crippen MR) is 56.4 cm³/mol. The minimum atomic E-state index is 0.0641. The first-order chi connectivity index (χ1) is 6.03. The lowest BCUT2D eigenvalue weighted by atomic mass is 10.1. The van der Waals surface area contributed by atoms with E-state index in [-0.39, 0.29) is 5.54 Å². The number of methoxy groups -OCH3 is 1. The van der Waals surface area contributed by atoms with Crippen molar-refractivity contribution < 1.29 is 4.74 Å². The van der Waals surface area contributed by atoms with E-state index in [0.717, 1.165) is 11.4 Å². The van der Waals surface area contributed by atoms with E-state index in [1.54, 1.807) is 7.11 Å². The molecule has 2 nitrogen and oxygen atoms in total. The van der Waals surface area contributed by atoms with Gasteiger partial charge in [0.25, 0.3) is 0 Å². The Morgan fingerprint density at radius 1 is 1.15 bits per heavy atom. The third-order valence-corrected chi connectivity index (χ3v) is 1.62. The summed E-state index contributed by atoms with van der Waals surface area (Å²) in [4.78, 5) is 0. The Labute approximate surface area is 79.9 Å². The zero-order valence-corrected chi connectivity index (χ0v) is 8.72. The molecule has 0 bridgehead atoms. The second-order valence-corrected chi connectivity index (χ2v) is 4.08. The molecule has 0 aromatic heterocycles. The maximum atomic E-state index is 5.23. The van der Waals surface area contributed by atoms with Gasteiger partial charge in [-0.3, -0.25) is 0 Å². The van der Waals surface area contributed by atoms with Crippen molar-refractivity contribution in [3.63, 3.8) is 0 Å².